The number of aryl methyl sites for hydroxylation is 1. The molecule has 2 aromatic carbocycles. The van der Waals surface area contributed by atoms with Gasteiger partial charge < -0.3 is 14.7 Å². The molecule has 1 unspecified atom stereocenters. The van der Waals surface area contributed by atoms with E-state index in [1.807, 2.05) is 59.2 Å². The summed E-state index contributed by atoms with van der Waals surface area (Å²) in [4.78, 5) is 62.3. The standard InChI is InChI=1S/C43H44FN11O3/c1-27-46-32-9-3-10-34(41(32)43(58)54(27)35-13-16-40(56)48-42(35)57)52-25-28(26-52)24-50-18-20-51(21-19-50)38-12-4-8-31(47-38)36-23-45-37-14-15-39(49-55(36)37)53-17-5-11-33(53)29-6-2-7-30(44)22-29/h2-4,6-10,12,14-15,22-23,28,33,35H,5,11,13,16-21,24-26H2,1H3,(H,48,56,57)/t33-,35?/m1/s1. The summed E-state index contributed by atoms with van der Waals surface area (Å²) >= 11 is 0. The van der Waals surface area contributed by atoms with Crippen LogP contribution in [0.2, 0.25) is 0 Å². The van der Waals surface area contributed by atoms with Crippen molar-refractivity contribution < 1.29 is 14.0 Å². The molecule has 2 atom stereocenters. The molecule has 4 aromatic heterocycles. The summed E-state index contributed by atoms with van der Waals surface area (Å²) < 4.78 is 17.4. The van der Waals surface area contributed by atoms with Crippen molar-refractivity contribution in [1.29, 1.82) is 0 Å². The summed E-state index contributed by atoms with van der Waals surface area (Å²) in [5.41, 5.74) is 4.53. The first-order chi connectivity index (χ1) is 28.3. The summed E-state index contributed by atoms with van der Waals surface area (Å²) in [5.74, 6) is 1.67. The van der Waals surface area contributed by atoms with Crippen molar-refractivity contribution in [2.45, 2.75) is 44.7 Å². The molecule has 4 saturated heterocycles. The molecule has 14 nitrogen and oxygen atoms in total. The number of piperidine rings is 1. The van der Waals surface area contributed by atoms with Crippen molar-refractivity contribution in [2.24, 2.45) is 5.92 Å². The molecule has 10 rings (SSSR count). The Hall–Kier alpha value is -6.22. The third-order valence-corrected chi connectivity index (χ3v) is 12.2. The lowest BCUT2D eigenvalue weighted by Crippen LogP contribution is -2.55. The molecule has 0 saturated carbocycles. The molecule has 4 fully saturated rings. The molecule has 0 bridgehead atoms. The number of aromatic nitrogens is 6. The highest BCUT2D eigenvalue weighted by atomic mass is 19.1. The van der Waals surface area contributed by atoms with Gasteiger partial charge in [0.1, 0.15) is 35.0 Å². The molecule has 15 heteroatoms. The Morgan fingerprint density at radius 2 is 1.66 bits per heavy atom. The summed E-state index contributed by atoms with van der Waals surface area (Å²) in [7, 11) is 0. The van der Waals surface area contributed by atoms with Crippen LogP contribution < -0.4 is 25.6 Å². The molecule has 0 radical (unpaired) electrons. The SMILES string of the molecule is Cc1nc2cccc(N3CC(CN4CCN(c5cccc(-c6cnc7ccc(N8CCC[C@@H]8c8cccc(F)c8)nn67)n5)CC4)C3)c2c(=O)n1C1CCC(=O)NC1=O. The van der Waals surface area contributed by atoms with Gasteiger partial charge in [-0.25, -0.2) is 23.9 Å². The first-order valence-electron chi connectivity index (χ1n) is 20.2. The van der Waals surface area contributed by atoms with Crippen LogP contribution in [0.4, 0.5) is 21.7 Å². The number of imide groups is 1. The number of anilines is 3. The fourth-order valence-corrected chi connectivity index (χ4v) is 9.34. The number of hydrogen-bond donors (Lipinski definition) is 1. The smallest absolute Gasteiger partial charge is 0.264 e. The zero-order chi connectivity index (χ0) is 39.5. The first-order valence-corrected chi connectivity index (χ1v) is 20.2. The molecule has 296 valence electrons. The van der Waals surface area contributed by atoms with E-state index in [2.05, 4.69) is 36.0 Å². The largest absolute Gasteiger partial charge is 0.370 e. The van der Waals surface area contributed by atoms with Gasteiger partial charge in [0.05, 0.1) is 34.5 Å². The van der Waals surface area contributed by atoms with E-state index in [1.54, 1.807) is 19.1 Å². The number of nitrogens with one attached hydrogen (secondary N) is 1. The van der Waals surface area contributed by atoms with Gasteiger partial charge in [0, 0.05) is 64.7 Å². The second-order valence-corrected chi connectivity index (χ2v) is 15.9. The lowest BCUT2D eigenvalue weighted by atomic mass is 9.97. The number of halogens is 1. The van der Waals surface area contributed by atoms with E-state index in [1.165, 1.54) is 10.6 Å². The van der Waals surface area contributed by atoms with E-state index in [4.69, 9.17) is 15.1 Å². The second kappa shape index (κ2) is 14.6. The number of fused-ring (bicyclic) bond motifs is 2. The Labute approximate surface area is 333 Å². The number of piperazine rings is 1. The van der Waals surface area contributed by atoms with E-state index in [-0.39, 0.29) is 36.2 Å². The van der Waals surface area contributed by atoms with Gasteiger partial charge in [-0.3, -0.25) is 29.2 Å². The number of benzene rings is 2. The normalized spacial score (nSPS) is 20.6. The number of imidazole rings is 1. The van der Waals surface area contributed by atoms with Crippen molar-refractivity contribution in [1.82, 2.24) is 39.3 Å². The van der Waals surface area contributed by atoms with Crippen molar-refractivity contribution in [2.75, 3.05) is 67.1 Å². The molecule has 58 heavy (non-hydrogen) atoms. The van der Waals surface area contributed by atoms with Gasteiger partial charge in [-0.1, -0.05) is 24.3 Å². The van der Waals surface area contributed by atoms with Crippen molar-refractivity contribution in [3.8, 4) is 11.4 Å². The van der Waals surface area contributed by atoms with E-state index in [9.17, 15) is 18.8 Å². The fourth-order valence-electron chi connectivity index (χ4n) is 9.34. The van der Waals surface area contributed by atoms with E-state index in [0.29, 0.717) is 22.6 Å². The Morgan fingerprint density at radius 1 is 0.828 bits per heavy atom. The zero-order valence-electron chi connectivity index (χ0n) is 32.3. The fraction of sp³-hybridized carbons (Fsp3) is 0.372. The Balaban J connectivity index is 0.790. The van der Waals surface area contributed by atoms with Crippen LogP contribution >= 0.6 is 0 Å². The maximum Gasteiger partial charge on any atom is 0.264 e. The average Bonchev–Trinajstić information content (AvgIpc) is 3.88. The zero-order valence-corrected chi connectivity index (χ0v) is 32.3. The van der Waals surface area contributed by atoms with Crippen molar-refractivity contribution in [3.63, 3.8) is 0 Å². The second-order valence-electron chi connectivity index (χ2n) is 15.9. The Kier molecular flexibility index (Phi) is 9.11. The topological polar surface area (TPSA) is 137 Å². The summed E-state index contributed by atoms with van der Waals surface area (Å²) in [5, 5.41) is 7.93. The van der Waals surface area contributed by atoms with Gasteiger partial charge in [-0.15, -0.1) is 5.10 Å². The van der Waals surface area contributed by atoms with Gasteiger partial charge in [0.25, 0.3) is 5.56 Å². The van der Waals surface area contributed by atoms with Crippen LogP contribution in [0.15, 0.2) is 83.8 Å². The molecular weight excluding hydrogens is 738 g/mol. The molecule has 0 spiro atoms. The minimum absolute atomic E-state index is 0.0651. The van der Waals surface area contributed by atoms with E-state index in [0.717, 1.165) is 105 Å². The first kappa shape index (κ1) is 36.1. The molecule has 2 amide bonds. The predicted molar refractivity (Wildman–Crippen MR) is 218 cm³/mol. The number of carbonyl (C=O) groups is 2. The highest BCUT2D eigenvalue weighted by molar-refractivity contribution is 6.00. The number of hydrogen-bond acceptors (Lipinski definition) is 11. The number of rotatable bonds is 8. The van der Waals surface area contributed by atoms with Crippen molar-refractivity contribution in [3.05, 3.63) is 107 Å². The molecule has 0 aliphatic carbocycles. The lowest BCUT2D eigenvalue weighted by molar-refractivity contribution is -0.135. The van der Waals surface area contributed by atoms with E-state index >= 15 is 0 Å². The van der Waals surface area contributed by atoms with Gasteiger partial charge in [0.15, 0.2) is 5.65 Å². The molecule has 1 N–H and O–H groups in total. The van der Waals surface area contributed by atoms with E-state index < -0.39 is 11.9 Å². The lowest BCUT2D eigenvalue weighted by Gasteiger charge is -2.45. The molecule has 6 aromatic rings. The molecule has 8 heterocycles. The summed E-state index contributed by atoms with van der Waals surface area (Å²) in [6, 6.07) is 22.0. The van der Waals surface area contributed by atoms with Crippen LogP contribution in [0.3, 0.4) is 0 Å². The molecule has 4 aliphatic rings. The number of carbonyl (C=O) groups excluding carboxylic acids is 2. The van der Waals surface area contributed by atoms with Gasteiger partial charge in [-0.05, 0) is 80.3 Å². The van der Waals surface area contributed by atoms with Gasteiger partial charge in [0.2, 0.25) is 11.8 Å². The minimum atomic E-state index is -0.754. The molecule has 4 aliphatic heterocycles. The highest BCUT2D eigenvalue weighted by Crippen LogP contribution is 2.36. The van der Waals surface area contributed by atoms with Crippen LogP contribution in [0.1, 0.15) is 49.2 Å². The monoisotopic (exact) mass is 781 g/mol. The van der Waals surface area contributed by atoms with Crippen LogP contribution in [0.5, 0.6) is 0 Å². The highest BCUT2D eigenvalue weighted by Gasteiger charge is 2.34. The third kappa shape index (κ3) is 6.52. The summed E-state index contributed by atoms with van der Waals surface area (Å²) in [6.07, 6.45) is 4.25. The number of nitrogens with zero attached hydrogens (tertiary/aromatic N) is 10. The summed E-state index contributed by atoms with van der Waals surface area (Å²) in [6.45, 7) is 8.74. The average molecular weight is 782 g/mol. The Bertz CT molecular complexity index is 2630. The number of pyridine rings is 1. The van der Waals surface area contributed by atoms with Crippen molar-refractivity contribution >= 4 is 45.7 Å². The minimum Gasteiger partial charge on any atom is -0.370 e. The number of amides is 2. The van der Waals surface area contributed by atoms with Crippen LogP contribution in [0, 0.1) is 18.7 Å². The van der Waals surface area contributed by atoms with Crippen LogP contribution in [0.25, 0.3) is 27.9 Å². The maximum absolute atomic E-state index is 14.1. The van der Waals surface area contributed by atoms with Gasteiger partial charge in [-0.2, -0.15) is 0 Å². The Morgan fingerprint density at radius 3 is 2.48 bits per heavy atom. The molecular formula is C43H44FN11O3. The maximum atomic E-state index is 14.1. The van der Waals surface area contributed by atoms with Crippen LogP contribution in [-0.2, 0) is 9.59 Å². The third-order valence-electron chi connectivity index (χ3n) is 12.2. The predicted octanol–water partition coefficient (Wildman–Crippen LogP) is 4.53. The van der Waals surface area contributed by atoms with Gasteiger partial charge >= 0.3 is 0 Å². The quantitative estimate of drug-likeness (QED) is 0.218. The van der Waals surface area contributed by atoms with Crippen LogP contribution in [-0.4, -0.2) is 98.2 Å².